The van der Waals surface area contributed by atoms with Gasteiger partial charge < -0.3 is 14.8 Å². The third-order valence-corrected chi connectivity index (χ3v) is 6.82. The zero-order valence-electron chi connectivity index (χ0n) is 16.9. The molecule has 1 aliphatic heterocycles. The zero-order valence-corrected chi connectivity index (χ0v) is 17.7. The standard InChI is InChI=1S/C22H26N2O5S/c1-3-15-29-20-8-6-18(7-9-20)23-22(25)17-5-4-14-24(16-17)30(26,27)21-12-10-19(28-2)11-13-21/h3,6-13,17H,1,4-5,14-16H2,2H3,(H,23,25)/t17-/m1/s1. The Morgan fingerprint density at radius 2 is 1.83 bits per heavy atom. The SMILES string of the molecule is C=CCOc1ccc(NC(=O)[C@@H]2CCCN(S(=O)(=O)c3ccc(OC)cc3)C2)cc1. The Bertz CT molecular complexity index is 972. The van der Waals surface area contributed by atoms with Crippen LogP contribution in [0, 0.1) is 5.92 Å². The molecule has 0 aromatic heterocycles. The molecule has 0 aliphatic carbocycles. The van der Waals surface area contributed by atoms with Crippen LogP contribution >= 0.6 is 0 Å². The number of benzene rings is 2. The second-order valence-electron chi connectivity index (χ2n) is 6.99. The monoisotopic (exact) mass is 430 g/mol. The van der Waals surface area contributed by atoms with Crippen molar-refractivity contribution in [3.05, 3.63) is 61.2 Å². The van der Waals surface area contributed by atoms with Gasteiger partial charge in [-0.1, -0.05) is 12.7 Å². The van der Waals surface area contributed by atoms with Crippen molar-refractivity contribution in [2.24, 2.45) is 5.92 Å². The van der Waals surface area contributed by atoms with E-state index in [4.69, 9.17) is 9.47 Å². The molecule has 0 spiro atoms. The number of methoxy groups -OCH3 is 1. The van der Waals surface area contributed by atoms with Crippen LogP contribution in [0.4, 0.5) is 5.69 Å². The number of hydrogen-bond donors (Lipinski definition) is 1. The van der Waals surface area contributed by atoms with Gasteiger partial charge in [0.1, 0.15) is 18.1 Å². The lowest BCUT2D eigenvalue weighted by molar-refractivity contribution is -0.120. The van der Waals surface area contributed by atoms with Crippen molar-refractivity contribution in [2.75, 3.05) is 32.1 Å². The topological polar surface area (TPSA) is 84.9 Å². The van der Waals surface area contributed by atoms with E-state index in [0.717, 1.165) is 0 Å². The molecule has 0 saturated carbocycles. The molecule has 1 aliphatic rings. The van der Waals surface area contributed by atoms with Gasteiger partial charge in [-0.3, -0.25) is 4.79 Å². The van der Waals surface area contributed by atoms with E-state index in [1.807, 2.05) is 0 Å². The molecule has 0 radical (unpaired) electrons. The molecule has 2 aromatic rings. The second kappa shape index (κ2) is 9.77. The number of piperidine rings is 1. The minimum Gasteiger partial charge on any atom is -0.497 e. The van der Waals surface area contributed by atoms with Crippen LogP contribution in [-0.2, 0) is 14.8 Å². The quantitative estimate of drug-likeness (QED) is 0.650. The molecule has 1 heterocycles. The van der Waals surface area contributed by atoms with Crippen LogP contribution in [0.3, 0.4) is 0 Å². The Kier molecular flexibility index (Phi) is 7.12. The van der Waals surface area contributed by atoms with Gasteiger partial charge in [0.05, 0.1) is 17.9 Å². The minimum atomic E-state index is -3.67. The number of rotatable bonds is 8. The number of carbonyl (C=O) groups excluding carboxylic acids is 1. The number of nitrogens with one attached hydrogen (secondary N) is 1. The van der Waals surface area contributed by atoms with Crippen LogP contribution < -0.4 is 14.8 Å². The van der Waals surface area contributed by atoms with E-state index < -0.39 is 15.9 Å². The maximum atomic E-state index is 13.0. The highest BCUT2D eigenvalue weighted by Crippen LogP contribution is 2.26. The van der Waals surface area contributed by atoms with Crippen molar-refractivity contribution in [1.29, 1.82) is 0 Å². The van der Waals surface area contributed by atoms with Crippen molar-refractivity contribution in [3.8, 4) is 11.5 Å². The van der Waals surface area contributed by atoms with Gasteiger partial charge in [-0.05, 0) is 61.4 Å². The first-order chi connectivity index (χ1) is 14.4. The average molecular weight is 431 g/mol. The summed E-state index contributed by atoms with van der Waals surface area (Å²) in [6.07, 6.45) is 2.92. The Morgan fingerprint density at radius 3 is 2.47 bits per heavy atom. The normalized spacial score (nSPS) is 17.2. The van der Waals surface area contributed by atoms with Gasteiger partial charge in [-0.2, -0.15) is 4.31 Å². The van der Waals surface area contributed by atoms with Gasteiger partial charge in [0.2, 0.25) is 15.9 Å². The zero-order chi connectivity index (χ0) is 21.6. The van der Waals surface area contributed by atoms with Gasteiger partial charge in [0.15, 0.2) is 0 Å². The van der Waals surface area contributed by atoms with Crippen LogP contribution in [-0.4, -0.2) is 45.4 Å². The molecular weight excluding hydrogens is 404 g/mol. The van der Waals surface area contributed by atoms with Crippen LogP contribution in [0.15, 0.2) is 66.1 Å². The summed E-state index contributed by atoms with van der Waals surface area (Å²) in [5.74, 6) is 0.668. The maximum Gasteiger partial charge on any atom is 0.243 e. The molecule has 1 saturated heterocycles. The molecule has 7 nitrogen and oxygen atoms in total. The highest BCUT2D eigenvalue weighted by molar-refractivity contribution is 7.89. The number of sulfonamides is 1. The first-order valence-electron chi connectivity index (χ1n) is 9.73. The van der Waals surface area contributed by atoms with Crippen molar-refractivity contribution in [3.63, 3.8) is 0 Å². The second-order valence-corrected chi connectivity index (χ2v) is 8.93. The summed E-state index contributed by atoms with van der Waals surface area (Å²) in [5.41, 5.74) is 0.640. The Hall–Kier alpha value is -2.84. The Labute approximate surface area is 177 Å². The van der Waals surface area contributed by atoms with Gasteiger partial charge in [-0.15, -0.1) is 0 Å². The lowest BCUT2D eigenvalue weighted by Gasteiger charge is -2.31. The lowest BCUT2D eigenvalue weighted by Crippen LogP contribution is -2.43. The molecule has 8 heteroatoms. The number of carbonyl (C=O) groups is 1. The Balaban J connectivity index is 1.64. The summed E-state index contributed by atoms with van der Waals surface area (Å²) >= 11 is 0. The summed E-state index contributed by atoms with van der Waals surface area (Å²) in [6.45, 7) is 4.56. The highest BCUT2D eigenvalue weighted by atomic mass is 32.2. The number of nitrogens with zero attached hydrogens (tertiary/aromatic N) is 1. The van der Waals surface area contributed by atoms with E-state index in [1.165, 1.54) is 23.5 Å². The van der Waals surface area contributed by atoms with Crippen molar-refractivity contribution >= 4 is 21.6 Å². The number of hydrogen-bond acceptors (Lipinski definition) is 5. The van der Waals surface area contributed by atoms with E-state index in [0.29, 0.717) is 43.2 Å². The fourth-order valence-electron chi connectivity index (χ4n) is 3.31. The van der Waals surface area contributed by atoms with Gasteiger partial charge in [0, 0.05) is 18.8 Å². The predicted octanol–water partition coefficient (Wildman–Crippen LogP) is 3.30. The summed E-state index contributed by atoms with van der Waals surface area (Å²) in [7, 11) is -2.14. The number of anilines is 1. The van der Waals surface area contributed by atoms with Gasteiger partial charge >= 0.3 is 0 Å². The molecule has 3 rings (SSSR count). The third kappa shape index (κ3) is 5.20. The summed E-state index contributed by atoms with van der Waals surface area (Å²) in [4.78, 5) is 12.9. The van der Waals surface area contributed by atoms with Gasteiger partial charge in [-0.25, -0.2) is 8.42 Å². The number of ether oxygens (including phenoxy) is 2. The first kappa shape index (κ1) is 21.9. The lowest BCUT2D eigenvalue weighted by atomic mass is 9.99. The molecule has 1 amide bonds. The van der Waals surface area contributed by atoms with E-state index in [-0.39, 0.29) is 17.3 Å². The molecular formula is C22H26N2O5S. The molecule has 0 bridgehead atoms. The molecule has 1 N–H and O–H groups in total. The largest absolute Gasteiger partial charge is 0.497 e. The predicted molar refractivity (Wildman–Crippen MR) is 115 cm³/mol. The highest BCUT2D eigenvalue weighted by Gasteiger charge is 2.33. The van der Waals surface area contributed by atoms with Crippen molar-refractivity contribution in [2.45, 2.75) is 17.7 Å². The molecule has 1 fully saturated rings. The molecule has 0 unspecified atom stereocenters. The molecule has 30 heavy (non-hydrogen) atoms. The summed E-state index contributed by atoms with van der Waals surface area (Å²) in [5, 5.41) is 2.87. The minimum absolute atomic E-state index is 0.153. The van der Waals surface area contributed by atoms with Crippen LogP contribution in [0.2, 0.25) is 0 Å². The fraction of sp³-hybridized carbons (Fsp3) is 0.318. The van der Waals surface area contributed by atoms with E-state index in [1.54, 1.807) is 42.5 Å². The summed E-state index contributed by atoms with van der Waals surface area (Å²) < 4.78 is 37.8. The molecule has 2 aromatic carbocycles. The van der Waals surface area contributed by atoms with Gasteiger partial charge in [0.25, 0.3) is 0 Å². The molecule has 160 valence electrons. The van der Waals surface area contributed by atoms with Crippen molar-refractivity contribution < 1.29 is 22.7 Å². The van der Waals surface area contributed by atoms with E-state index in [2.05, 4.69) is 11.9 Å². The third-order valence-electron chi connectivity index (χ3n) is 4.94. The van der Waals surface area contributed by atoms with Crippen molar-refractivity contribution in [1.82, 2.24) is 4.31 Å². The smallest absolute Gasteiger partial charge is 0.243 e. The van der Waals surface area contributed by atoms with E-state index in [9.17, 15) is 13.2 Å². The fourth-order valence-corrected chi connectivity index (χ4v) is 4.83. The maximum absolute atomic E-state index is 13.0. The van der Waals surface area contributed by atoms with E-state index >= 15 is 0 Å². The first-order valence-corrected chi connectivity index (χ1v) is 11.2. The Morgan fingerprint density at radius 1 is 1.17 bits per heavy atom. The number of amides is 1. The van der Waals surface area contributed by atoms with Crippen LogP contribution in [0.5, 0.6) is 11.5 Å². The molecule has 1 atom stereocenters. The van der Waals surface area contributed by atoms with Crippen LogP contribution in [0.1, 0.15) is 12.8 Å². The summed E-state index contributed by atoms with van der Waals surface area (Å²) in [6, 6.07) is 13.3. The average Bonchev–Trinajstić information content (AvgIpc) is 2.78. The van der Waals surface area contributed by atoms with Crippen LogP contribution in [0.25, 0.3) is 0 Å².